The minimum Gasteiger partial charge on any atom is -0.0798 e. The van der Waals surface area contributed by atoms with E-state index < -0.39 is 0 Å². The molecule has 68 valence electrons. The molecule has 2 aliphatic carbocycles. The smallest absolute Gasteiger partial charge is 0.000166 e. The van der Waals surface area contributed by atoms with Crippen LogP contribution in [0.5, 0.6) is 0 Å². The van der Waals surface area contributed by atoms with E-state index in [0.717, 1.165) is 6.42 Å². The van der Waals surface area contributed by atoms with Gasteiger partial charge in [0.25, 0.3) is 0 Å². The van der Waals surface area contributed by atoms with Gasteiger partial charge in [0.15, 0.2) is 0 Å². The summed E-state index contributed by atoms with van der Waals surface area (Å²) >= 11 is 0. The van der Waals surface area contributed by atoms with Crippen LogP contribution in [0.15, 0.2) is 46.6 Å². The zero-order chi connectivity index (χ0) is 9.42. The quantitative estimate of drug-likeness (QED) is 0.564. The summed E-state index contributed by atoms with van der Waals surface area (Å²) in [5.41, 5.74) is 6.01. The Hall–Kier alpha value is -1.04. The van der Waals surface area contributed by atoms with Crippen molar-refractivity contribution < 1.29 is 0 Å². The average Bonchev–Trinajstić information content (AvgIpc) is 2.60. The molecule has 0 fully saturated rings. The van der Waals surface area contributed by atoms with Gasteiger partial charge >= 0.3 is 0 Å². The molecule has 2 rings (SSSR count). The Bertz CT molecular complexity index is 348. The van der Waals surface area contributed by atoms with Gasteiger partial charge in [0, 0.05) is 0 Å². The Labute approximate surface area is 80.3 Å². The third-order valence-corrected chi connectivity index (χ3v) is 3.01. The molecule has 0 bridgehead atoms. The molecule has 2 aliphatic rings. The topological polar surface area (TPSA) is 0 Å². The third kappa shape index (κ3) is 1.31. The summed E-state index contributed by atoms with van der Waals surface area (Å²) in [6.07, 6.45) is 10.2. The van der Waals surface area contributed by atoms with Crippen LogP contribution in [-0.4, -0.2) is 0 Å². The van der Waals surface area contributed by atoms with Gasteiger partial charge in [-0.25, -0.2) is 0 Å². The van der Waals surface area contributed by atoms with Crippen LogP contribution in [0.2, 0.25) is 0 Å². The molecule has 0 spiro atoms. The highest BCUT2D eigenvalue weighted by Crippen LogP contribution is 2.36. The van der Waals surface area contributed by atoms with Crippen LogP contribution in [0.25, 0.3) is 0 Å². The number of hydrogen-bond donors (Lipinski definition) is 0. The molecule has 0 aromatic carbocycles. The van der Waals surface area contributed by atoms with Gasteiger partial charge in [-0.05, 0) is 48.5 Å². The minimum absolute atomic E-state index is 0.616. The van der Waals surface area contributed by atoms with Crippen molar-refractivity contribution in [1.29, 1.82) is 0 Å². The molecule has 0 heterocycles. The highest BCUT2D eigenvalue weighted by atomic mass is 14.2. The molecule has 0 saturated carbocycles. The predicted molar refractivity (Wildman–Crippen MR) is 57.5 cm³/mol. The highest BCUT2D eigenvalue weighted by Gasteiger charge is 2.19. The van der Waals surface area contributed by atoms with E-state index in [4.69, 9.17) is 0 Å². The van der Waals surface area contributed by atoms with Crippen LogP contribution >= 0.6 is 0 Å². The van der Waals surface area contributed by atoms with Crippen LogP contribution in [0.4, 0.5) is 0 Å². The van der Waals surface area contributed by atoms with E-state index in [1.54, 1.807) is 11.1 Å². The van der Waals surface area contributed by atoms with Gasteiger partial charge in [-0.2, -0.15) is 0 Å². The van der Waals surface area contributed by atoms with Gasteiger partial charge in [0.05, 0.1) is 0 Å². The molecular weight excluding hydrogens is 156 g/mol. The molecule has 0 nitrogen and oxygen atoms in total. The Balaban J connectivity index is 2.39. The van der Waals surface area contributed by atoms with E-state index >= 15 is 0 Å². The summed E-state index contributed by atoms with van der Waals surface area (Å²) in [7, 11) is 0. The normalized spacial score (nSPS) is 26.8. The van der Waals surface area contributed by atoms with E-state index in [9.17, 15) is 0 Å². The summed E-state index contributed by atoms with van der Waals surface area (Å²) in [5, 5.41) is 0. The van der Waals surface area contributed by atoms with Gasteiger partial charge in [-0.1, -0.05) is 31.2 Å². The van der Waals surface area contributed by atoms with Crippen molar-refractivity contribution in [3.05, 3.63) is 46.6 Å². The molecule has 0 radical (unpaired) electrons. The van der Waals surface area contributed by atoms with Gasteiger partial charge in [-0.3, -0.25) is 0 Å². The molecule has 1 unspecified atom stereocenters. The molecule has 0 aliphatic heterocycles. The number of hydrogen-bond acceptors (Lipinski definition) is 0. The van der Waals surface area contributed by atoms with Crippen molar-refractivity contribution in [2.45, 2.75) is 27.2 Å². The summed E-state index contributed by atoms with van der Waals surface area (Å²) in [6.45, 7) is 6.71. The Morgan fingerprint density at radius 2 is 1.92 bits per heavy atom. The summed E-state index contributed by atoms with van der Waals surface area (Å²) in [6, 6.07) is 0. The fraction of sp³-hybridized carbons (Fsp3) is 0.385. The molecule has 1 atom stereocenters. The number of rotatable bonds is 1. The zero-order valence-corrected chi connectivity index (χ0v) is 8.59. The second-order valence-electron chi connectivity index (χ2n) is 4.01. The molecule has 0 N–H and O–H groups in total. The standard InChI is InChI=1S/C13H16/c1-9-5-4-6-12(9)13-10(2)7-8-11(13)3/h4-5,7-8,10H,6H2,1-3H3. The maximum atomic E-state index is 2.29. The lowest BCUT2D eigenvalue weighted by atomic mass is 9.92. The van der Waals surface area contributed by atoms with E-state index in [2.05, 4.69) is 45.1 Å². The highest BCUT2D eigenvalue weighted by molar-refractivity contribution is 5.53. The SMILES string of the molecule is CC1=C(C2=C(C)C=CC2C)CC=C1. The largest absolute Gasteiger partial charge is 0.0798 e. The second kappa shape index (κ2) is 3.02. The molecule has 0 heteroatoms. The van der Waals surface area contributed by atoms with E-state index in [0.29, 0.717) is 5.92 Å². The van der Waals surface area contributed by atoms with E-state index in [1.807, 2.05) is 0 Å². The fourth-order valence-electron chi connectivity index (χ4n) is 2.28. The Kier molecular flexibility index (Phi) is 1.99. The van der Waals surface area contributed by atoms with Crippen molar-refractivity contribution in [3.8, 4) is 0 Å². The van der Waals surface area contributed by atoms with E-state index in [1.165, 1.54) is 11.1 Å². The molecule has 0 aromatic rings. The van der Waals surface area contributed by atoms with Crippen molar-refractivity contribution >= 4 is 0 Å². The van der Waals surface area contributed by atoms with Crippen molar-refractivity contribution in [2.24, 2.45) is 5.92 Å². The van der Waals surface area contributed by atoms with Gasteiger partial charge < -0.3 is 0 Å². The average molecular weight is 172 g/mol. The summed E-state index contributed by atoms with van der Waals surface area (Å²) in [4.78, 5) is 0. The van der Waals surface area contributed by atoms with Crippen LogP contribution in [0.1, 0.15) is 27.2 Å². The van der Waals surface area contributed by atoms with Gasteiger partial charge in [0.1, 0.15) is 0 Å². The van der Waals surface area contributed by atoms with E-state index in [-0.39, 0.29) is 0 Å². The van der Waals surface area contributed by atoms with Crippen LogP contribution < -0.4 is 0 Å². The molecule has 0 aromatic heterocycles. The Morgan fingerprint density at radius 1 is 1.15 bits per heavy atom. The van der Waals surface area contributed by atoms with Crippen molar-refractivity contribution in [3.63, 3.8) is 0 Å². The first kappa shape index (κ1) is 8.55. The molecule has 0 amide bonds. The first-order valence-corrected chi connectivity index (χ1v) is 4.96. The predicted octanol–water partition coefficient (Wildman–Crippen LogP) is 3.79. The molecular formula is C13H16. The van der Waals surface area contributed by atoms with Crippen molar-refractivity contribution in [2.75, 3.05) is 0 Å². The Morgan fingerprint density at radius 3 is 2.38 bits per heavy atom. The summed E-state index contributed by atoms with van der Waals surface area (Å²) < 4.78 is 0. The zero-order valence-electron chi connectivity index (χ0n) is 8.59. The van der Waals surface area contributed by atoms with Crippen LogP contribution in [0.3, 0.4) is 0 Å². The lowest BCUT2D eigenvalue weighted by Crippen LogP contribution is -1.97. The van der Waals surface area contributed by atoms with Crippen LogP contribution in [-0.2, 0) is 0 Å². The van der Waals surface area contributed by atoms with Gasteiger partial charge in [0.2, 0.25) is 0 Å². The minimum atomic E-state index is 0.616. The first-order chi connectivity index (χ1) is 6.20. The summed E-state index contributed by atoms with van der Waals surface area (Å²) in [5.74, 6) is 0.616. The lowest BCUT2D eigenvalue weighted by Gasteiger charge is -2.13. The first-order valence-electron chi connectivity index (χ1n) is 4.96. The maximum absolute atomic E-state index is 2.29. The second-order valence-corrected chi connectivity index (χ2v) is 4.01. The fourth-order valence-corrected chi connectivity index (χ4v) is 2.28. The molecule has 13 heavy (non-hydrogen) atoms. The third-order valence-electron chi connectivity index (χ3n) is 3.01. The van der Waals surface area contributed by atoms with Gasteiger partial charge in [-0.15, -0.1) is 0 Å². The lowest BCUT2D eigenvalue weighted by molar-refractivity contribution is 0.873. The maximum Gasteiger partial charge on any atom is -0.000166 e. The van der Waals surface area contributed by atoms with Crippen LogP contribution in [0, 0.1) is 5.92 Å². The monoisotopic (exact) mass is 172 g/mol. The van der Waals surface area contributed by atoms with Crippen molar-refractivity contribution in [1.82, 2.24) is 0 Å². The number of allylic oxidation sites excluding steroid dienone is 8. The molecule has 0 saturated heterocycles.